The third-order valence-electron chi connectivity index (χ3n) is 4.03. The number of H-pyrrole nitrogens is 1. The van der Waals surface area contributed by atoms with E-state index in [4.69, 9.17) is 9.52 Å². The molecule has 3 heterocycles. The number of urea groups is 1. The maximum Gasteiger partial charge on any atom is 0.318 e. The second-order valence-corrected chi connectivity index (χ2v) is 5.60. The number of furan rings is 1. The second-order valence-electron chi connectivity index (χ2n) is 5.60. The Morgan fingerprint density at radius 2 is 2.43 bits per heavy atom. The number of aliphatic hydroxyl groups excluding tert-OH is 1. The minimum absolute atomic E-state index is 0.100. The number of hydrogen-bond donors (Lipinski definition) is 3. The van der Waals surface area contributed by atoms with Gasteiger partial charge in [0.2, 0.25) is 5.82 Å². The molecule has 8 heteroatoms. The van der Waals surface area contributed by atoms with Crippen LogP contribution < -0.4 is 5.32 Å². The molecule has 0 spiro atoms. The van der Waals surface area contributed by atoms with E-state index >= 15 is 0 Å². The Morgan fingerprint density at radius 1 is 1.52 bits per heavy atom. The van der Waals surface area contributed by atoms with Crippen LogP contribution in [0.3, 0.4) is 0 Å². The van der Waals surface area contributed by atoms with Crippen LogP contribution in [-0.2, 0) is 6.54 Å². The number of carbonyl (C=O) groups is 1. The Bertz CT molecular complexity index is 623. The average Bonchev–Trinajstić information content (AvgIpc) is 3.24. The lowest BCUT2D eigenvalue weighted by Gasteiger charge is -2.35. The molecule has 0 saturated carbocycles. The zero-order valence-corrected chi connectivity index (χ0v) is 12.9. The standard InChI is InChI=1S/C15H21N5O3/c21-8-6-11-4-1-2-7-20(11)15(22)16-10-13-17-14(19-18-13)12-5-3-9-23-12/h3,5,9,11,21H,1-2,4,6-8,10H2,(H,16,22)(H,17,18,19). The first-order valence-corrected chi connectivity index (χ1v) is 7.88. The van der Waals surface area contributed by atoms with Crippen LogP contribution in [0.4, 0.5) is 4.79 Å². The van der Waals surface area contributed by atoms with E-state index < -0.39 is 0 Å². The highest BCUT2D eigenvalue weighted by molar-refractivity contribution is 5.74. The molecule has 2 aromatic heterocycles. The van der Waals surface area contributed by atoms with Gasteiger partial charge in [-0.15, -0.1) is 5.10 Å². The van der Waals surface area contributed by atoms with E-state index in [1.807, 2.05) is 4.90 Å². The number of hydrogen-bond acceptors (Lipinski definition) is 5. The quantitative estimate of drug-likeness (QED) is 0.774. The van der Waals surface area contributed by atoms with E-state index in [9.17, 15) is 4.79 Å². The molecule has 0 aliphatic carbocycles. The number of amides is 2. The van der Waals surface area contributed by atoms with Crippen molar-refractivity contribution in [2.45, 2.75) is 38.3 Å². The fourth-order valence-electron chi connectivity index (χ4n) is 2.87. The minimum atomic E-state index is -0.126. The lowest BCUT2D eigenvalue weighted by atomic mass is 10.0. The van der Waals surface area contributed by atoms with Crippen molar-refractivity contribution in [2.75, 3.05) is 13.2 Å². The molecule has 2 amide bonds. The average molecular weight is 319 g/mol. The summed E-state index contributed by atoms with van der Waals surface area (Å²) in [6.07, 6.45) is 5.23. The molecule has 1 fully saturated rings. The SMILES string of the molecule is O=C(NCc1nc(-c2ccco2)n[nH]1)N1CCCCC1CCO. The van der Waals surface area contributed by atoms with Crippen molar-refractivity contribution in [3.05, 3.63) is 24.2 Å². The van der Waals surface area contributed by atoms with Gasteiger partial charge in [0.1, 0.15) is 5.82 Å². The molecule has 1 unspecified atom stereocenters. The second kappa shape index (κ2) is 7.28. The van der Waals surface area contributed by atoms with Gasteiger partial charge in [0.05, 0.1) is 12.8 Å². The van der Waals surface area contributed by atoms with Gasteiger partial charge in [-0.3, -0.25) is 5.10 Å². The number of aromatic amines is 1. The van der Waals surface area contributed by atoms with Crippen LogP contribution in [-0.4, -0.2) is 50.4 Å². The van der Waals surface area contributed by atoms with Crippen molar-refractivity contribution in [1.82, 2.24) is 25.4 Å². The lowest BCUT2D eigenvalue weighted by molar-refractivity contribution is 0.131. The summed E-state index contributed by atoms with van der Waals surface area (Å²) in [6, 6.07) is 3.53. The Morgan fingerprint density at radius 3 is 3.22 bits per heavy atom. The molecule has 1 atom stereocenters. The van der Waals surface area contributed by atoms with E-state index in [1.54, 1.807) is 18.4 Å². The highest BCUT2D eigenvalue weighted by Gasteiger charge is 2.26. The van der Waals surface area contributed by atoms with Gasteiger partial charge >= 0.3 is 6.03 Å². The van der Waals surface area contributed by atoms with E-state index in [-0.39, 0.29) is 25.2 Å². The minimum Gasteiger partial charge on any atom is -0.461 e. The van der Waals surface area contributed by atoms with Crippen molar-refractivity contribution >= 4 is 6.03 Å². The summed E-state index contributed by atoms with van der Waals surface area (Å²) in [5, 5.41) is 18.8. The summed E-state index contributed by atoms with van der Waals surface area (Å²) in [5.41, 5.74) is 0. The summed E-state index contributed by atoms with van der Waals surface area (Å²) in [6.45, 7) is 1.10. The summed E-state index contributed by atoms with van der Waals surface area (Å²) in [7, 11) is 0. The molecule has 2 aromatic rings. The van der Waals surface area contributed by atoms with E-state index in [0.29, 0.717) is 23.8 Å². The van der Waals surface area contributed by atoms with Gasteiger partial charge in [0.15, 0.2) is 5.76 Å². The highest BCUT2D eigenvalue weighted by Crippen LogP contribution is 2.19. The first-order chi connectivity index (χ1) is 11.3. The van der Waals surface area contributed by atoms with Gasteiger partial charge in [-0.1, -0.05) is 0 Å². The predicted molar refractivity (Wildman–Crippen MR) is 82.4 cm³/mol. The third kappa shape index (κ3) is 3.70. The number of piperidine rings is 1. The summed E-state index contributed by atoms with van der Waals surface area (Å²) >= 11 is 0. The largest absolute Gasteiger partial charge is 0.461 e. The van der Waals surface area contributed by atoms with Crippen LogP contribution in [0, 0.1) is 0 Å². The van der Waals surface area contributed by atoms with E-state index in [1.165, 1.54) is 0 Å². The number of nitrogens with one attached hydrogen (secondary N) is 2. The topological polar surface area (TPSA) is 107 Å². The summed E-state index contributed by atoms with van der Waals surface area (Å²) in [5.74, 6) is 1.62. The van der Waals surface area contributed by atoms with Gasteiger partial charge in [0, 0.05) is 19.2 Å². The Balaban J connectivity index is 1.56. The molecule has 23 heavy (non-hydrogen) atoms. The normalized spacial score (nSPS) is 18.1. The summed E-state index contributed by atoms with van der Waals surface area (Å²) < 4.78 is 5.23. The van der Waals surface area contributed by atoms with E-state index in [2.05, 4.69) is 20.5 Å². The number of nitrogens with zero attached hydrogens (tertiary/aromatic N) is 3. The monoisotopic (exact) mass is 319 g/mol. The Labute approximate surface area is 133 Å². The molecular formula is C15H21N5O3. The third-order valence-corrected chi connectivity index (χ3v) is 4.03. The maximum atomic E-state index is 12.3. The lowest BCUT2D eigenvalue weighted by Crippen LogP contribution is -2.48. The molecule has 1 saturated heterocycles. The van der Waals surface area contributed by atoms with Crippen molar-refractivity contribution in [3.8, 4) is 11.6 Å². The van der Waals surface area contributed by atoms with Gasteiger partial charge in [0.25, 0.3) is 0 Å². The van der Waals surface area contributed by atoms with Crippen molar-refractivity contribution in [1.29, 1.82) is 0 Å². The number of likely N-dealkylation sites (tertiary alicyclic amines) is 1. The molecule has 3 rings (SSSR count). The number of rotatable bonds is 5. The fourth-order valence-corrected chi connectivity index (χ4v) is 2.87. The van der Waals surface area contributed by atoms with Crippen LogP contribution in [0.1, 0.15) is 31.5 Å². The number of carbonyl (C=O) groups excluding carboxylic acids is 1. The molecule has 8 nitrogen and oxygen atoms in total. The zero-order valence-electron chi connectivity index (χ0n) is 12.9. The van der Waals surface area contributed by atoms with Crippen LogP contribution in [0.2, 0.25) is 0 Å². The Hall–Kier alpha value is -2.35. The van der Waals surface area contributed by atoms with Gasteiger partial charge < -0.3 is 19.7 Å². The molecular weight excluding hydrogens is 298 g/mol. The molecule has 1 aliphatic heterocycles. The zero-order chi connectivity index (χ0) is 16.1. The van der Waals surface area contributed by atoms with Crippen LogP contribution in [0.15, 0.2) is 22.8 Å². The smallest absolute Gasteiger partial charge is 0.318 e. The first-order valence-electron chi connectivity index (χ1n) is 7.88. The van der Waals surface area contributed by atoms with Gasteiger partial charge in [-0.2, -0.15) is 0 Å². The predicted octanol–water partition coefficient (Wildman–Crippen LogP) is 1.51. The number of aromatic nitrogens is 3. The molecule has 0 radical (unpaired) electrons. The maximum absolute atomic E-state index is 12.3. The Kier molecular flexibility index (Phi) is 4.92. The highest BCUT2D eigenvalue weighted by atomic mass is 16.3. The molecule has 0 aromatic carbocycles. The number of aliphatic hydroxyl groups is 1. The van der Waals surface area contributed by atoms with Crippen molar-refractivity contribution in [2.24, 2.45) is 0 Å². The summed E-state index contributed by atoms with van der Waals surface area (Å²) in [4.78, 5) is 18.4. The van der Waals surface area contributed by atoms with Gasteiger partial charge in [-0.25, -0.2) is 9.78 Å². The van der Waals surface area contributed by atoms with Crippen LogP contribution >= 0.6 is 0 Å². The van der Waals surface area contributed by atoms with Gasteiger partial charge in [-0.05, 0) is 37.8 Å². The molecule has 1 aliphatic rings. The van der Waals surface area contributed by atoms with Crippen LogP contribution in [0.25, 0.3) is 11.6 Å². The molecule has 0 bridgehead atoms. The fraction of sp³-hybridized carbons (Fsp3) is 0.533. The van der Waals surface area contributed by atoms with E-state index in [0.717, 1.165) is 25.8 Å². The molecule has 124 valence electrons. The van der Waals surface area contributed by atoms with Crippen molar-refractivity contribution < 1.29 is 14.3 Å². The first kappa shape index (κ1) is 15.5. The molecule has 3 N–H and O–H groups in total. The van der Waals surface area contributed by atoms with Crippen LogP contribution in [0.5, 0.6) is 0 Å². The van der Waals surface area contributed by atoms with Crippen molar-refractivity contribution in [3.63, 3.8) is 0 Å².